The molecular weight excluding hydrogens is 329 g/mol. The molecule has 1 atom stereocenters. The quantitative estimate of drug-likeness (QED) is 0.601. The summed E-state index contributed by atoms with van der Waals surface area (Å²) in [6.07, 6.45) is -0.723. The molecule has 0 aliphatic carbocycles. The van der Waals surface area contributed by atoms with Gasteiger partial charge in [0.15, 0.2) is 5.78 Å². The Balaban J connectivity index is 2.70. The Kier molecular flexibility index (Phi) is 7.54. The van der Waals surface area contributed by atoms with Gasteiger partial charge in [0.1, 0.15) is 17.5 Å². The Morgan fingerprint density at radius 3 is 2.28 bits per heavy atom. The molecule has 0 aliphatic heterocycles. The number of rotatable bonds is 7. The number of ether oxygens (including phenoxy) is 2. The minimum Gasteiger partial charge on any atom is -0.464 e. The van der Waals surface area contributed by atoms with Crippen LogP contribution in [0.5, 0.6) is 0 Å². The molecule has 0 saturated carbocycles. The average molecular weight is 353 g/mol. The number of nitrogens with one attached hydrogen (secondary N) is 1. The molecule has 1 aromatic carbocycles. The molecule has 1 aromatic rings. The lowest BCUT2D eigenvalue weighted by atomic mass is 10.0. The van der Waals surface area contributed by atoms with Crippen LogP contribution in [0.3, 0.4) is 0 Å². The minimum absolute atomic E-state index is 0.00902. The highest BCUT2D eigenvalue weighted by Crippen LogP contribution is 2.11. The van der Waals surface area contributed by atoms with Crippen LogP contribution < -0.4 is 5.32 Å². The van der Waals surface area contributed by atoms with Crippen molar-refractivity contribution in [2.75, 3.05) is 6.61 Å². The van der Waals surface area contributed by atoms with Gasteiger partial charge in [-0.3, -0.25) is 4.79 Å². The molecule has 0 aromatic heterocycles. The number of alkyl carbamates (subject to hydrolysis) is 1. The van der Waals surface area contributed by atoms with E-state index in [0.29, 0.717) is 5.56 Å². The summed E-state index contributed by atoms with van der Waals surface area (Å²) >= 11 is 0. The summed E-state index contributed by atoms with van der Waals surface area (Å²) in [4.78, 5) is 36.0. The number of ketones is 1. The van der Waals surface area contributed by atoms with Crippen LogP contribution in [-0.4, -0.2) is 36.1 Å². The van der Waals surface area contributed by atoms with Gasteiger partial charge in [-0.15, -0.1) is 0 Å². The molecule has 138 valence electrons. The number of halogens is 1. The van der Waals surface area contributed by atoms with Gasteiger partial charge in [0.05, 0.1) is 6.61 Å². The lowest BCUT2D eigenvalue weighted by Gasteiger charge is -2.22. The van der Waals surface area contributed by atoms with E-state index in [1.165, 1.54) is 24.3 Å². The summed E-state index contributed by atoms with van der Waals surface area (Å²) in [5, 5.41) is 2.43. The van der Waals surface area contributed by atoms with Crippen LogP contribution in [0.2, 0.25) is 0 Å². The van der Waals surface area contributed by atoms with E-state index in [1.54, 1.807) is 27.7 Å². The van der Waals surface area contributed by atoms with Crippen molar-refractivity contribution >= 4 is 17.8 Å². The Hall–Kier alpha value is -2.44. The number of esters is 1. The van der Waals surface area contributed by atoms with Crippen molar-refractivity contribution < 1.29 is 28.2 Å². The molecule has 1 rings (SSSR count). The number of carbonyl (C=O) groups excluding carboxylic acids is 3. The van der Waals surface area contributed by atoms with E-state index in [2.05, 4.69) is 5.32 Å². The molecule has 0 bridgehead atoms. The standard InChI is InChI=1S/C18H24FNO5/c1-5-24-16(22)14(20-17(23)25-18(2,3)4)10-11-15(21)12-6-8-13(19)9-7-12/h6-9,14H,5,10-11H2,1-4H3,(H,20,23)/t14-/m1/s1. The second kappa shape index (κ2) is 9.15. The summed E-state index contributed by atoms with van der Waals surface area (Å²) in [7, 11) is 0. The van der Waals surface area contributed by atoms with Crippen molar-refractivity contribution in [2.24, 2.45) is 0 Å². The van der Waals surface area contributed by atoms with Crippen LogP contribution in [0.4, 0.5) is 9.18 Å². The van der Waals surface area contributed by atoms with E-state index >= 15 is 0 Å². The van der Waals surface area contributed by atoms with Crippen molar-refractivity contribution in [2.45, 2.75) is 52.2 Å². The zero-order chi connectivity index (χ0) is 19.0. The van der Waals surface area contributed by atoms with Gasteiger partial charge in [0.25, 0.3) is 0 Å². The van der Waals surface area contributed by atoms with E-state index in [0.717, 1.165) is 0 Å². The van der Waals surface area contributed by atoms with Gasteiger partial charge >= 0.3 is 12.1 Å². The van der Waals surface area contributed by atoms with Crippen LogP contribution >= 0.6 is 0 Å². The van der Waals surface area contributed by atoms with Crippen LogP contribution in [-0.2, 0) is 14.3 Å². The number of benzene rings is 1. The molecule has 0 heterocycles. The molecule has 0 unspecified atom stereocenters. The zero-order valence-electron chi connectivity index (χ0n) is 14.9. The molecule has 0 fully saturated rings. The van der Waals surface area contributed by atoms with Gasteiger partial charge in [-0.2, -0.15) is 0 Å². The van der Waals surface area contributed by atoms with Crippen molar-refractivity contribution in [3.05, 3.63) is 35.6 Å². The largest absolute Gasteiger partial charge is 0.464 e. The number of hydrogen-bond acceptors (Lipinski definition) is 5. The first kappa shape index (κ1) is 20.6. The summed E-state index contributed by atoms with van der Waals surface area (Å²) in [5.41, 5.74) is -0.381. The van der Waals surface area contributed by atoms with Gasteiger partial charge < -0.3 is 14.8 Å². The van der Waals surface area contributed by atoms with Crippen LogP contribution in [0.25, 0.3) is 0 Å². The van der Waals surface area contributed by atoms with Gasteiger partial charge in [-0.25, -0.2) is 14.0 Å². The van der Waals surface area contributed by atoms with E-state index < -0.39 is 29.5 Å². The Bertz CT molecular complexity index is 607. The van der Waals surface area contributed by atoms with Gasteiger partial charge in [-0.1, -0.05) is 0 Å². The molecule has 6 nitrogen and oxygen atoms in total. The Morgan fingerprint density at radius 2 is 1.76 bits per heavy atom. The maximum absolute atomic E-state index is 12.9. The fourth-order valence-corrected chi connectivity index (χ4v) is 2.00. The summed E-state index contributed by atoms with van der Waals surface area (Å²) in [5.74, 6) is -1.34. The second-order valence-electron chi connectivity index (χ2n) is 6.42. The number of hydrogen-bond donors (Lipinski definition) is 1. The molecular formula is C18H24FNO5. The lowest BCUT2D eigenvalue weighted by Crippen LogP contribution is -2.44. The normalized spacial score (nSPS) is 12.2. The molecule has 1 amide bonds. The Morgan fingerprint density at radius 1 is 1.16 bits per heavy atom. The van der Waals surface area contributed by atoms with E-state index in [9.17, 15) is 18.8 Å². The summed E-state index contributed by atoms with van der Waals surface area (Å²) in [6.45, 7) is 6.89. The van der Waals surface area contributed by atoms with E-state index in [-0.39, 0.29) is 25.2 Å². The second-order valence-corrected chi connectivity index (χ2v) is 6.42. The SMILES string of the molecule is CCOC(=O)[C@@H](CCC(=O)c1ccc(F)cc1)NC(=O)OC(C)(C)C. The third kappa shape index (κ3) is 7.78. The van der Waals surface area contributed by atoms with E-state index in [4.69, 9.17) is 9.47 Å². The predicted molar refractivity (Wildman–Crippen MR) is 89.8 cm³/mol. The molecule has 25 heavy (non-hydrogen) atoms. The highest BCUT2D eigenvalue weighted by atomic mass is 19.1. The number of amides is 1. The Labute approximate surface area is 146 Å². The van der Waals surface area contributed by atoms with E-state index in [1.807, 2.05) is 0 Å². The first-order valence-corrected chi connectivity index (χ1v) is 8.07. The van der Waals surface area contributed by atoms with Crippen LogP contribution in [0.15, 0.2) is 24.3 Å². The highest BCUT2D eigenvalue weighted by Gasteiger charge is 2.26. The van der Waals surface area contributed by atoms with Crippen LogP contribution in [0, 0.1) is 5.82 Å². The van der Waals surface area contributed by atoms with Gasteiger partial charge in [0, 0.05) is 12.0 Å². The average Bonchev–Trinajstić information content (AvgIpc) is 2.50. The molecule has 1 N–H and O–H groups in total. The summed E-state index contributed by atoms with van der Waals surface area (Å²) in [6, 6.07) is 4.12. The maximum atomic E-state index is 12.9. The van der Waals surface area contributed by atoms with Crippen LogP contribution in [0.1, 0.15) is 50.9 Å². The van der Waals surface area contributed by atoms with Gasteiger partial charge in [-0.05, 0) is 58.4 Å². The van der Waals surface area contributed by atoms with Gasteiger partial charge in [0.2, 0.25) is 0 Å². The fraction of sp³-hybridized carbons (Fsp3) is 0.500. The van der Waals surface area contributed by atoms with Crippen molar-refractivity contribution in [3.8, 4) is 0 Å². The van der Waals surface area contributed by atoms with Crippen molar-refractivity contribution in [1.29, 1.82) is 0 Å². The first-order chi connectivity index (χ1) is 11.6. The fourth-order valence-electron chi connectivity index (χ4n) is 2.00. The molecule has 7 heteroatoms. The predicted octanol–water partition coefficient (Wildman–Crippen LogP) is 3.25. The maximum Gasteiger partial charge on any atom is 0.408 e. The molecule has 0 spiro atoms. The summed E-state index contributed by atoms with van der Waals surface area (Å²) < 4.78 is 22.9. The molecule has 0 aliphatic rings. The zero-order valence-corrected chi connectivity index (χ0v) is 14.9. The monoisotopic (exact) mass is 353 g/mol. The third-order valence-electron chi connectivity index (χ3n) is 3.09. The minimum atomic E-state index is -1.00. The molecule has 0 saturated heterocycles. The smallest absolute Gasteiger partial charge is 0.408 e. The van der Waals surface area contributed by atoms with Crippen molar-refractivity contribution in [3.63, 3.8) is 0 Å². The first-order valence-electron chi connectivity index (χ1n) is 8.07. The number of Topliss-reactive ketones (excluding diaryl/α,β-unsaturated/α-hetero) is 1. The number of carbonyl (C=O) groups is 3. The third-order valence-corrected chi connectivity index (χ3v) is 3.09. The van der Waals surface area contributed by atoms with Crippen molar-refractivity contribution in [1.82, 2.24) is 5.32 Å². The molecule has 0 radical (unpaired) electrons. The highest BCUT2D eigenvalue weighted by molar-refractivity contribution is 5.96. The topological polar surface area (TPSA) is 81.7 Å². The lowest BCUT2D eigenvalue weighted by molar-refractivity contribution is -0.145.